The predicted molar refractivity (Wildman–Crippen MR) is 83.3 cm³/mol. The smallest absolute Gasteiger partial charge is 0.118 e. The van der Waals surface area contributed by atoms with Gasteiger partial charge in [0.15, 0.2) is 0 Å². The molecule has 0 bridgehead atoms. The Labute approximate surface area is 122 Å². The van der Waals surface area contributed by atoms with E-state index in [-0.39, 0.29) is 5.38 Å². The number of alkyl halides is 1. The summed E-state index contributed by atoms with van der Waals surface area (Å²) in [5.41, 5.74) is 1.32. The quantitative estimate of drug-likeness (QED) is 0.549. The van der Waals surface area contributed by atoms with Crippen LogP contribution in [0.5, 0.6) is 5.75 Å². The zero-order valence-corrected chi connectivity index (χ0v) is 13.0. The molecule has 0 saturated carbocycles. The van der Waals surface area contributed by atoms with Gasteiger partial charge in [0.1, 0.15) is 5.75 Å². The summed E-state index contributed by atoms with van der Waals surface area (Å²) in [4.78, 5) is 0. The summed E-state index contributed by atoms with van der Waals surface area (Å²) in [6, 6.07) is 8.23. The van der Waals surface area contributed by atoms with Crippen LogP contribution in [0, 0.1) is 5.92 Å². The number of hydrogen-bond donors (Lipinski definition) is 1. The van der Waals surface area contributed by atoms with Crippen LogP contribution in [0.15, 0.2) is 24.3 Å². The first-order chi connectivity index (χ1) is 9.21. The van der Waals surface area contributed by atoms with E-state index in [0.29, 0.717) is 5.92 Å². The molecule has 1 unspecified atom stereocenters. The molecule has 2 nitrogen and oxygen atoms in total. The standard InChI is InChI=1S/C16H26ClNO/c1-4-14(5-2)16(17)12-18-11-10-13-6-8-15(19-3)9-7-13/h6-9,14,16,18H,4-5,10-12H2,1-3H3. The Morgan fingerprint density at radius 1 is 1.16 bits per heavy atom. The average molecular weight is 284 g/mol. The summed E-state index contributed by atoms with van der Waals surface area (Å²) in [6.07, 6.45) is 3.34. The molecule has 0 spiro atoms. The van der Waals surface area contributed by atoms with Crippen molar-refractivity contribution in [1.29, 1.82) is 0 Å². The van der Waals surface area contributed by atoms with Crippen molar-refractivity contribution in [2.24, 2.45) is 5.92 Å². The molecule has 0 aliphatic heterocycles. The molecule has 1 atom stereocenters. The first-order valence-corrected chi connectivity index (χ1v) is 7.62. The lowest BCUT2D eigenvalue weighted by Gasteiger charge is -2.19. The predicted octanol–water partition coefficient (Wildman–Crippen LogP) is 3.87. The van der Waals surface area contributed by atoms with Gasteiger partial charge in [-0.3, -0.25) is 0 Å². The minimum Gasteiger partial charge on any atom is -0.497 e. The number of benzene rings is 1. The van der Waals surface area contributed by atoms with Crippen LogP contribution in [0.2, 0.25) is 0 Å². The molecule has 1 rings (SSSR count). The van der Waals surface area contributed by atoms with E-state index in [1.807, 2.05) is 12.1 Å². The molecule has 0 heterocycles. The Bertz CT molecular complexity index is 335. The Morgan fingerprint density at radius 2 is 1.79 bits per heavy atom. The van der Waals surface area contributed by atoms with E-state index in [4.69, 9.17) is 16.3 Å². The second kappa shape index (κ2) is 9.22. The van der Waals surface area contributed by atoms with Gasteiger partial charge < -0.3 is 10.1 Å². The van der Waals surface area contributed by atoms with Crippen LogP contribution in [0.3, 0.4) is 0 Å². The number of hydrogen-bond acceptors (Lipinski definition) is 2. The highest BCUT2D eigenvalue weighted by Gasteiger charge is 2.14. The molecule has 0 fully saturated rings. The van der Waals surface area contributed by atoms with Gasteiger partial charge in [0.2, 0.25) is 0 Å². The van der Waals surface area contributed by atoms with Crippen LogP contribution in [-0.2, 0) is 6.42 Å². The van der Waals surface area contributed by atoms with Crippen molar-refractivity contribution in [2.45, 2.75) is 38.5 Å². The lowest BCUT2D eigenvalue weighted by molar-refractivity contribution is 0.414. The molecule has 19 heavy (non-hydrogen) atoms. The first kappa shape index (κ1) is 16.3. The van der Waals surface area contributed by atoms with Gasteiger partial charge in [0.25, 0.3) is 0 Å². The summed E-state index contributed by atoms with van der Waals surface area (Å²) in [6.45, 7) is 6.28. The minimum atomic E-state index is 0.242. The van der Waals surface area contributed by atoms with Crippen LogP contribution in [-0.4, -0.2) is 25.6 Å². The Hall–Kier alpha value is -0.730. The highest BCUT2D eigenvalue weighted by atomic mass is 35.5. The largest absolute Gasteiger partial charge is 0.497 e. The van der Waals surface area contributed by atoms with Gasteiger partial charge in [-0.15, -0.1) is 11.6 Å². The van der Waals surface area contributed by atoms with Crippen molar-refractivity contribution in [1.82, 2.24) is 5.32 Å². The summed E-state index contributed by atoms with van der Waals surface area (Å²) in [7, 11) is 1.69. The topological polar surface area (TPSA) is 21.3 Å². The van der Waals surface area contributed by atoms with Crippen molar-refractivity contribution < 1.29 is 4.74 Å². The highest BCUT2D eigenvalue weighted by molar-refractivity contribution is 6.21. The maximum absolute atomic E-state index is 6.39. The van der Waals surface area contributed by atoms with E-state index in [0.717, 1.165) is 38.1 Å². The third-order valence-electron chi connectivity index (χ3n) is 3.65. The average Bonchev–Trinajstić information content (AvgIpc) is 2.45. The summed E-state index contributed by atoms with van der Waals surface area (Å²) in [5, 5.41) is 3.69. The SMILES string of the molecule is CCC(CC)C(Cl)CNCCc1ccc(OC)cc1. The molecule has 0 radical (unpaired) electrons. The second-order valence-electron chi connectivity index (χ2n) is 4.89. The zero-order valence-electron chi connectivity index (χ0n) is 12.3. The van der Waals surface area contributed by atoms with Crippen LogP contribution in [0.1, 0.15) is 32.3 Å². The van der Waals surface area contributed by atoms with Gasteiger partial charge in [-0.05, 0) is 36.6 Å². The number of rotatable bonds is 9. The van der Waals surface area contributed by atoms with Crippen LogP contribution >= 0.6 is 11.6 Å². The molecular weight excluding hydrogens is 258 g/mol. The monoisotopic (exact) mass is 283 g/mol. The highest BCUT2D eigenvalue weighted by Crippen LogP contribution is 2.17. The maximum Gasteiger partial charge on any atom is 0.118 e. The van der Waals surface area contributed by atoms with Crippen molar-refractivity contribution in [3.8, 4) is 5.75 Å². The van der Waals surface area contributed by atoms with E-state index in [1.54, 1.807) is 7.11 Å². The third kappa shape index (κ3) is 5.84. The van der Waals surface area contributed by atoms with E-state index in [9.17, 15) is 0 Å². The lowest BCUT2D eigenvalue weighted by Crippen LogP contribution is -2.30. The number of nitrogens with one attached hydrogen (secondary N) is 1. The second-order valence-corrected chi connectivity index (χ2v) is 5.46. The van der Waals surface area contributed by atoms with E-state index in [2.05, 4.69) is 31.3 Å². The number of methoxy groups -OCH3 is 1. The van der Waals surface area contributed by atoms with E-state index in [1.165, 1.54) is 5.56 Å². The normalized spacial score (nSPS) is 12.7. The van der Waals surface area contributed by atoms with Gasteiger partial charge in [0, 0.05) is 11.9 Å². The lowest BCUT2D eigenvalue weighted by atomic mass is 9.99. The fourth-order valence-corrected chi connectivity index (χ4v) is 2.70. The van der Waals surface area contributed by atoms with Crippen molar-refractivity contribution in [3.63, 3.8) is 0 Å². The fourth-order valence-electron chi connectivity index (χ4n) is 2.23. The van der Waals surface area contributed by atoms with E-state index >= 15 is 0 Å². The molecule has 0 aromatic heterocycles. The van der Waals surface area contributed by atoms with E-state index < -0.39 is 0 Å². The third-order valence-corrected chi connectivity index (χ3v) is 4.16. The summed E-state index contributed by atoms with van der Waals surface area (Å²) >= 11 is 6.39. The van der Waals surface area contributed by atoms with Gasteiger partial charge in [0.05, 0.1) is 7.11 Å². The summed E-state index contributed by atoms with van der Waals surface area (Å²) in [5.74, 6) is 1.53. The Morgan fingerprint density at radius 3 is 2.32 bits per heavy atom. The van der Waals surface area contributed by atoms with Crippen LogP contribution in [0.4, 0.5) is 0 Å². The molecule has 0 aliphatic carbocycles. The first-order valence-electron chi connectivity index (χ1n) is 7.18. The molecule has 108 valence electrons. The van der Waals surface area contributed by atoms with Crippen LogP contribution < -0.4 is 10.1 Å². The molecule has 0 amide bonds. The molecule has 1 aromatic rings. The Balaban J connectivity index is 2.22. The molecule has 3 heteroatoms. The van der Waals surface area contributed by atoms with Gasteiger partial charge >= 0.3 is 0 Å². The van der Waals surface area contributed by atoms with Crippen molar-refractivity contribution >= 4 is 11.6 Å². The van der Waals surface area contributed by atoms with Gasteiger partial charge in [-0.2, -0.15) is 0 Å². The van der Waals surface area contributed by atoms with Crippen LogP contribution in [0.25, 0.3) is 0 Å². The molecule has 0 aliphatic rings. The molecular formula is C16H26ClNO. The zero-order chi connectivity index (χ0) is 14.1. The fraction of sp³-hybridized carbons (Fsp3) is 0.625. The number of halogens is 1. The summed E-state index contributed by atoms with van der Waals surface area (Å²) < 4.78 is 5.14. The molecule has 1 aromatic carbocycles. The van der Waals surface area contributed by atoms with Gasteiger partial charge in [-0.25, -0.2) is 0 Å². The van der Waals surface area contributed by atoms with Crippen molar-refractivity contribution in [2.75, 3.05) is 20.2 Å². The Kier molecular flexibility index (Phi) is 7.92. The maximum atomic E-state index is 6.39. The number of ether oxygens (including phenoxy) is 1. The molecule has 1 N–H and O–H groups in total. The molecule has 0 saturated heterocycles. The minimum absolute atomic E-state index is 0.242. The van der Waals surface area contributed by atoms with Crippen molar-refractivity contribution in [3.05, 3.63) is 29.8 Å². The van der Waals surface area contributed by atoms with Gasteiger partial charge in [-0.1, -0.05) is 38.8 Å².